The highest BCUT2D eigenvalue weighted by Gasteiger charge is 1.95. The monoisotopic (exact) mass is 195 g/mol. The van der Waals surface area contributed by atoms with E-state index in [1.54, 1.807) is 0 Å². The molecule has 0 fully saturated rings. The number of hydrogen-bond acceptors (Lipinski definition) is 2. The number of hydrogen-bond donors (Lipinski definition) is 1. The summed E-state index contributed by atoms with van der Waals surface area (Å²) in [6, 6.07) is 9.74. The molecule has 1 aromatic rings. The molecule has 0 aliphatic rings. The van der Waals surface area contributed by atoms with Gasteiger partial charge < -0.3 is 10.5 Å². The van der Waals surface area contributed by atoms with E-state index in [1.807, 2.05) is 30.3 Å². The van der Waals surface area contributed by atoms with Gasteiger partial charge in [-0.05, 0) is 11.1 Å². The van der Waals surface area contributed by atoms with E-state index in [-0.39, 0.29) is 13.2 Å². The Morgan fingerprint density at radius 3 is 2.64 bits per heavy atom. The molecule has 0 spiro atoms. The van der Waals surface area contributed by atoms with Crippen molar-refractivity contribution in [3.8, 4) is 0 Å². The van der Waals surface area contributed by atoms with Crippen molar-refractivity contribution in [1.29, 1.82) is 0 Å². The Morgan fingerprint density at radius 1 is 1.36 bits per heavy atom. The van der Waals surface area contributed by atoms with Gasteiger partial charge in [-0.15, -0.1) is 0 Å². The molecule has 2 N–H and O–H groups in total. The zero-order valence-corrected chi connectivity index (χ0v) is 7.95. The molecule has 1 aromatic carbocycles. The van der Waals surface area contributed by atoms with Gasteiger partial charge in [-0.3, -0.25) is 0 Å². The van der Waals surface area contributed by atoms with Crippen molar-refractivity contribution in [2.24, 2.45) is 5.73 Å². The first-order valence-electron chi connectivity index (χ1n) is 4.46. The second kappa shape index (κ2) is 6.29. The number of nitrogens with two attached hydrogens (primary N) is 1. The maximum Gasteiger partial charge on any atom is 0.0894 e. The second-order valence-corrected chi connectivity index (χ2v) is 2.95. The van der Waals surface area contributed by atoms with Gasteiger partial charge >= 0.3 is 0 Å². The summed E-state index contributed by atoms with van der Waals surface area (Å²) >= 11 is 0. The summed E-state index contributed by atoms with van der Waals surface area (Å²) in [6.07, 6.45) is 0.505. The summed E-state index contributed by atoms with van der Waals surface area (Å²) in [4.78, 5) is 0. The van der Waals surface area contributed by atoms with Crippen LogP contribution in [0, 0.1) is 0 Å². The van der Waals surface area contributed by atoms with Crippen molar-refractivity contribution in [3.05, 3.63) is 47.8 Å². The Balaban J connectivity index is 2.29. The van der Waals surface area contributed by atoms with Crippen molar-refractivity contribution in [2.75, 3.05) is 13.2 Å². The third-order valence-corrected chi connectivity index (χ3v) is 1.82. The molecule has 0 aliphatic heterocycles. The summed E-state index contributed by atoms with van der Waals surface area (Å²) in [7, 11) is 0. The largest absolute Gasteiger partial charge is 0.372 e. The number of halogens is 1. The minimum atomic E-state index is 0.200. The van der Waals surface area contributed by atoms with Crippen LogP contribution in [0.15, 0.2) is 42.2 Å². The molecular formula is C11H14FNO. The highest BCUT2D eigenvalue weighted by molar-refractivity contribution is 5.13. The smallest absolute Gasteiger partial charge is 0.0894 e. The zero-order chi connectivity index (χ0) is 10.2. The zero-order valence-electron chi connectivity index (χ0n) is 7.95. The fourth-order valence-corrected chi connectivity index (χ4v) is 1.01. The van der Waals surface area contributed by atoms with E-state index in [1.165, 1.54) is 0 Å². The molecule has 0 unspecified atom stereocenters. The summed E-state index contributed by atoms with van der Waals surface area (Å²) in [5.41, 5.74) is 6.82. The minimum Gasteiger partial charge on any atom is -0.372 e. The van der Waals surface area contributed by atoms with E-state index < -0.39 is 0 Å². The van der Waals surface area contributed by atoms with Gasteiger partial charge in [0.05, 0.1) is 19.5 Å². The normalized spacial score (nSPS) is 11.7. The molecular weight excluding hydrogens is 181 g/mol. The fourth-order valence-electron chi connectivity index (χ4n) is 1.01. The van der Waals surface area contributed by atoms with Crippen molar-refractivity contribution in [1.82, 2.24) is 0 Å². The summed E-state index contributed by atoms with van der Waals surface area (Å²) in [5, 5.41) is 0. The summed E-state index contributed by atoms with van der Waals surface area (Å²) in [6.45, 7) is 0.936. The van der Waals surface area contributed by atoms with Crippen molar-refractivity contribution < 1.29 is 9.13 Å². The van der Waals surface area contributed by atoms with Gasteiger partial charge in [0.25, 0.3) is 0 Å². The molecule has 76 valence electrons. The maximum absolute atomic E-state index is 12.1. The number of rotatable bonds is 5. The van der Waals surface area contributed by atoms with Crippen molar-refractivity contribution >= 4 is 0 Å². The second-order valence-electron chi connectivity index (χ2n) is 2.95. The quantitative estimate of drug-likeness (QED) is 0.780. The average Bonchev–Trinajstić information content (AvgIpc) is 2.26. The molecule has 0 saturated carbocycles. The average molecular weight is 195 g/mol. The van der Waals surface area contributed by atoms with Crippen LogP contribution in [0.25, 0.3) is 0 Å². The molecule has 3 heteroatoms. The van der Waals surface area contributed by atoms with Crippen LogP contribution in [0.3, 0.4) is 0 Å². The van der Waals surface area contributed by atoms with Crippen molar-refractivity contribution in [2.45, 2.75) is 6.61 Å². The fraction of sp³-hybridized carbons (Fsp3) is 0.273. The van der Waals surface area contributed by atoms with Crippen LogP contribution in [-0.2, 0) is 11.3 Å². The summed E-state index contributed by atoms with van der Waals surface area (Å²) < 4.78 is 17.3. The third-order valence-electron chi connectivity index (χ3n) is 1.82. The molecule has 0 aliphatic carbocycles. The molecule has 2 nitrogen and oxygen atoms in total. The maximum atomic E-state index is 12.1. The van der Waals surface area contributed by atoms with Crippen LogP contribution >= 0.6 is 0 Å². The van der Waals surface area contributed by atoms with Crippen LogP contribution in [0.2, 0.25) is 0 Å². The molecule has 0 aromatic heterocycles. The predicted octanol–water partition coefficient (Wildman–Crippen LogP) is 2.02. The van der Waals surface area contributed by atoms with Crippen molar-refractivity contribution in [3.63, 3.8) is 0 Å². The van der Waals surface area contributed by atoms with Gasteiger partial charge in [-0.25, -0.2) is 4.39 Å². The first-order chi connectivity index (χ1) is 6.86. The van der Waals surface area contributed by atoms with Gasteiger partial charge in [-0.2, -0.15) is 0 Å². The van der Waals surface area contributed by atoms with E-state index >= 15 is 0 Å². The predicted molar refractivity (Wildman–Crippen MR) is 54.3 cm³/mol. The Bertz CT molecular complexity index is 285. The van der Waals surface area contributed by atoms with E-state index in [9.17, 15) is 4.39 Å². The molecule has 0 heterocycles. The van der Waals surface area contributed by atoms with Gasteiger partial charge in [-0.1, -0.05) is 30.3 Å². The first kappa shape index (κ1) is 10.9. The first-order valence-corrected chi connectivity index (χ1v) is 4.46. The van der Waals surface area contributed by atoms with Crippen LogP contribution in [0.5, 0.6) is 0 Å². The lowest BCUT2D eigenvalue weighted by Gasteiger charge is -2.04. The van der Waals surface area contributed by atoms with Crippen LogP contribution < -0.4 is 5.73 Å². The topological polar surface area (TPSA) is 35.2 Å². The standard InChI is InChI=1S/C11H14FNO/c12-6-11(7-13)9-14-8-10-4-2-1-3-5-10/h1-6H,7-9,13H2/b11-6+. The van der Waals surface area contributed by atoms with Gasteiger partial charge in [0.1, 0.15) is 0 Å². The lowest BCUT2D eigenvalue weighted by Crippen LogP contribution is -2.08. The summed E-state index contributed by atoms with van der Waals surface area (Å²) in [5.74, 6) is 0. The molecule has 0 atom stereocenters. The van der Waals surface area contributed by atoms with E-state index in [4.69, 9.17) is 10.5 Å². The SMILES string of the molecule is NC/C(=C\F)COCc1ccccc1. The molecule has 0 radical (unpaired) electrons. The van der Waals surface area contributed by atoms with Crippen LogP contribution in [-0.4, -0.2) is 13.2 Å². The Hall–Kier alpha value is -1.19. The van der Waals surface area contributed by atoms with E-state index in [2.05, 4.69) is 0 Å². The van der Waals surface area contributed by atoms with Crippen LogP contribution in [0.1, 0.15) is 5.56 Å². The molecule has 0 amide bonds. The van der Waals surface area contributed by atoms with Gasteiger partial charge in [0.15, 0.2) is 0 Å². The lowest BCUT2D eigenvalue weighted by molar-refractivity contribution is 0.141. The highest BCUT2D eigenvalue weighted by Crippen LogP contribution is 2.02. The Morgan fingerprint density at radius 2 is 2.07 bits per heavy atom. The molecule has 0 saturated heterocycles. The Kier molecular flexibility index (Phi) is 4.89. The highest BCUT2D eigenvalue weighted by atomic mass is 19.1. The lowest BCUT2D eigenvalue weighted by atomic mass is 10.2. The molecule has 14 heavy (non-hydrogen) atoms. The minimum absolute atomic E-state index is 0.200. The van der Waals surface area contributed by atoms with Gasteiger partial charge in [0.2, 0.25) is 0 Å². The molecule has 0 bridgehead atoms. The number of ether oxygens (including phenoxy) is 1. The van der Waals surface area contributed by atoms with E-state index in [0.717, 1.165) is 5.56 Å². The van der Waals surface area contributed by atoms with Crippen LogP contribution in [0.4, 0.5) is 4.39 Å². The third kappa shape index (κ3) is 3.68. The molecule has 1 rings (SSSR count). The van der Waals surface area contributed by atoms with E-state index in [0.29, 0.717) is 18.5 Å². The Labute approximate surface area is 83.2 Å². The number of benzene rings is 1. The van der Waals surface area contributed by atoms with Gasteiger partial charge in [0, 0.05) is 6.54 Å².